The molecule has 0 saturated carbocycles. The third-order valence-electron chi connectivity index (χ3n) is 2.82. The fourth-order valence-corrected chi connectivity index (χ4v) is 1.83. The molecule has 112 valence electrons. The number of nitrogens with zero attached hydrogens (tertiary/aromatic N) is 2. The van der Waals surface area contributed by atoms with E-state index in [1.807, 2.05) is 41.1 Å². The summed E-state index contributed by atoms with van der Waals surface area (Å²) in [6.45, 7) is 0.677. The number of aromatic nitrogens is 1. The molecule has 1 amide bonds. The topological polar surface area (TPSA) is 66.6 Å². The van der Waals surface area contributed by atoms with Crippen LogP contribution in [0.3, 0.4) is 0 Å². The minimum Gasteiger partial charge on any atom is -0.465 e. The van der Waals surface area contributed by atoms with Crippen LogP contribution in [0.2, 0.25) is 0 Å². The first-order valence-corrected chi connectivity index (χ1v) is 6.81. The highest BCUT2D eigenvalue weighted by Crippen LogP contribution is 2.01. The molecule has 1 aromatic rings. The third kappa shape index (κ3) is 5.13. The van der Waals surface area contributed by atoms with Crippen LogP contribution in [-0.2, 0) is 6.54 Å². The van der Waals surface area contributed by atoms with Gasteiger partial charge in [0.25, 0.3) is 0 Å². The zero-order valence-electron chi connectivity index (χ0n) is 12.0. The number of rotatable bonds is 1. The van der Waals surface area contributed by atoms with Crippen molar-refractivity contribution in [2.75, 3.05) is 0 Å². The number of amides is 1. The van der Waals surface area contributed by atoms with Crippen LogP contribution in [0.25, 0.3) is 0 Å². The van der Waals surface area contributed by atoms with Crippen LogP contribution in [-0.4, -0.2) is 22.0 Å². The van der Waals surface area contributed by atoms with Crippen molar-refractivity contribution in [1.29, 1.82) is 0 Å². The Balaban J connectivity index is 2.25. The van der Waals surface area contributed by atoms with E-state index in [1.54, 1.807) is 42.8 Å². The lowest BCUT2D eigenvalue weighted by Crippen LogP contribution is -2.18. The Kier molecular flexibility index (Phi) is 5.75. The van der Waals surface area contributed by atoms with Crippen LogP contribution < -0.4 is 5.32 Å². The quantitative estimate of drug-likeness (QED) is 0.835. The van der Waals surface area contributed by atoms with Gasteiger partial charge in [0, 0.05) is 24.6 Å². The molecule has 0 spiro atoms. The first-order valence-electron chi connectivity index (χ1n) is 6.81. The summed E-state index contributed by atoms with van der Waals surface area (Å²) in [5.41, 5.74) is 1.50. The van der Waals surface area contributed by atoms with E-state index in [4.69, 9.17) is 5.11 Å². The summed E-state index contributed by atoms with van der Waals surface area (Å²) in [6, 6.07) is 3.94. The van der Waals surface area contributed by atoms with E-state index in [2.05, 4.69) is 10.3 Å². The van der Waals surface area contributed by atoms with E-state index in [0.29, 0.717) is 12.2 Å². The van der Waals surface area contributed by atoms with Crippen molar-refractivity contribution in [2.24, 2.45) is 4.99 Å². The standard InChI is InChI=1S/C17H17N3O2/c21-17(22)19-15-8-3-1-2-5-11-18-14-16-10-7-13-20(16)12-6-4-9-15/h1-11,13-14,19H,12H2,(H,21,22). The maximum absolute atomic E-state index is 10.8. The first-order chi connectivity index (χ1) is 10.8. The molecule has 0 atom stereocenters. The van der Waals surface area contributed by atoms with Crippen LogP contribution >= 0.6 is 0 Å². The average molecular weight is 295 g/mol. The van der Waals surface area contributed by atoms with Gasteiger partial charge >= 0.3 is 6.09 Å². The number of hydrogen-bond donors (Lipinski definition) is 2. The van der Waals surface area contributed by atoms with E-state index in [-0.39, 0.29) is 0 Å². The second-order valence-electron chi connectivity index (χ2n) is 4.43. The Morgan fingerprint density at radius 3 is 2.95 bits per heavy atom. The van der Waals surface area contributed by atoms with Crippen LogP contribution in [0.4, 0.5) is 4.79 Å². The summed E-state index contributed by atoms with van der Waals surface area (Å²) in [7, 11) is 0. The van der Waals surface area contributed by atoms with Gasteiger partial charge in [0.1, 0.15) is 0 Å². The summed E-state index contributed by atoms with van der Waals surface area (Å²) in [6.07, 6.45) is 18.7. The van der Waals surface area contributed by atoms with Crippen molar-refractivity contribution in [3.63, 3.8) is 0 Å². The van der Waals surface area contributed by atoms with Gasteiger partial charge in [0.05, 0.1) is 11.9 Å². The summed E-state index contributed by atoms with van der Waals surface area (Å²) < 4.78 is 2.04. The molecular formula is C17H17N3O2. The molecule has 2 N–H and O–H groups in total. The number of carboxylic acid groups (broad SMARTS) is 1. The van der Waals surface area contributed by atoms with Gasteiger partial charge in [0.2, 0.25) is 0 Å². The second kappa shape index (κ2) is 8.26. The second-order valence-corrected chi connectivity index (χ2v) is 4.43. The van der Waals surface area contributed by atoms with Crippen molar-refractivity contribution in [1.82, 2.24) is 9.88 Å². The number of hydrogen-bond acceptors (Lipinski definition) is 2. The fourth-order valence-electron chi connectivity index (χ4n) is 1.83. The monoisotopic (exact) mass is 295 g/mol. The predicted octanol–water partition coefficient (Wildman–Crippen LogP) is 3.25. The molecule has 0 aromatic carbocycles. The number of allylic oxidation sites excluding steroid dienone is 8. The minimum atomic E-state index is -1.09. The Labute approximate surface area is 129 Å². The Hall–Kier alpha value is -3.08. The van der Waals surface area contributed by atoms with Gasteiger partial charge in [-0.3, -0.25) is 10.3 Å². The SMILES string of the molecule is O=C(O)NC1=CC=CCn2cccc2C=NC=CC=CC=C1. The highest BCUT2D eigenvalue weighted by atomic mass is 16.4. The molecular weight excluding hydrogens is 278 g/mol. The molecule has 0 bridgehead atoms. The molecule has 22 heavy (non-hydrogen) atoms. The van der Waals surface area contributed by atoms with Crippen molar-refractivity contribution < 1.29 is 9.90 Å². The summed E-state index contributed by atoms with van der Waals surface area (Å²) >= 11 is 0. The predicted molar refractivity (Wildman–Crippen MR) is 87.8 cm³/mol. The van der Waals surface area contributed by atoms with E-state index >= 15 is 0 Å². The molecule has 1 aromatic heterocycles. The highest BCUT2D eigenvalue weighted by Gasteiger charge is 1.97. The normalized spacial score (nSPS) is 14.8. The van der Waals surface area contributed by atoms with Crippen LogP contribution in [0.5, 0.6) is 0 Å². The molecule has 0 radical (unpaired) electrons. The molecule has 1 aliphatic heterocycles. The lowest BCUT2D eigenvalue weighted by atomic mass is 10.3. The zero-order chi connectivity index (χ0) is 15.6. The van der Waals surface area contributed by atoms with Gasteiger partial charge < -0.3 is 9.67 Å². The van der Waals surface area contributed by atoms with E-state index in [0.717, 1.165) is 5.69 Å². The molecule has 5 heteroatoms. The largest absolute Gasteiger partial charge is 0.465 e. The van der Waals surface area contributed by atoms with Crippen LogP contribution in [0, 0.1) is 0 Å². The molecule has 2 rings (SSSR count). The Morgan fingerprint density at radius 2 is 2.09 bits per heavy atom. The number of aliphatic imine (C=N–C) groups is 1. The zero-order valence-corrected chi connectivity index (χ0v) is 12.0. The molecule has 5 nitrogen and oxygen atoms in total. The van der Waals surface area contributed by atoms with Gasteiger partial charge in [-0.25, -0.2) is 4.79 Å². The van der Waals surface area contributed by atoms with Gasteiger partial charge in [-0.1, -0.05) is 30.4 Å². The number of carbonyl (C=O) groups is 1. The molecule has 2 heterocycles. The molecule has 0 aliphatic carbocycles. The Morgan fingerprint density at radius 1 is 1.23 bits per heavy atom. The van der Waals surface area contributed by atoms with Crippen molar-refractivity contribution in [3.8, 4) is 0 Å². The number of nitrogens with one attached hydrogen (secondary N) is 1. The van der Waals surface area contributed by atoms with Crippen LogP contribution in [0.1, 0.15) is 5.69 Å². The lowest BCUT2D eigenvalue weighted by molar-refractivity contribution is 0.198. The first kappa shape index (κ1) is 15.3. The lowest BCUT2D eigenvalue weighted by Gasteiger charge is -2.01. The van der Waals surface area contributed by atoms with Crippen molar-refractivity contribution in [2.45, 2.75) is 6.54 Å². The van der Waals surface area contributed by atoms with Gasteiger partial charge in [0.15, 0.2) is 0 Å². The van der Waals surface area contributed by atoms with E-state index in [9.17, 15) is 4.79 Å². The maximum Gasteiger partial charge on any atom is 0.409 e. The van der Waals surface area contributed by atoms with Gasteiger partial charge in [-0.2, -0.15) is 0 Å². The van der Waals surface area contributed by atoms with E-state index in [1.165, 1.54) is 0 Å². The van der Waals surface area contributed by atoms with Crippen molar-refractivity contribution in [3.05, 3.63) is 84.5 Å². The maximum atomic E-state index is 10.8. The molecule has 0 saturated heterocycles. The third-order valence-corrected chi connectivity index (χ3v) is 2.82. The van der Waals surface area contributed by atoms with Crippen molar-refractivity contribution >= 4 is 12.3 Å². The molecule has 0 fully saturated rings. The summed E-state index contributed by atoms with van der Waals surface area (Å²) in [4.78, 5) is 15.0. The molecule has 0 unspecified atom stereocenters. The number of fused-ring (bicyclic) bond motifs is 1. The summed E-state index contributed by atoms with van der Waals surface area (Å²) in [5, 5.41) is 11.2. The highest BCUT2D eigenvalue weighted by molar-refractivity contribution is 5.78. The average Bonchev–Trinajstić information content (AvgIpc) is 2.91. The van der Waals surface area contributed by atoms with Gasteiger partial charge in [-0.05, 0) is 30.4 Å². The minimum absolute atomic E-state index is 0.497. The smallest absolute Gasteiger partial charge is 0.409 e. The molecule has 1 aliphatic rings. The van der Waals surface area contributed by atoms with Crippen LogP contribution in [0.15, 0.2) is 83.8 Å². The van der Waals surface area contributed by atoms with E-state index < -0.39 is 6.09 Å². The summed E-state index contributed by atoms with van der Waals surface area (Å²) in [5.74, 6) is 0. The van der Waals surface area contributed by atoms with Gasteiger partial charge in [-0.15, -0.1) is 0 Å². The Bertz CT molecular complexity index is 689. The fraction of sp³-hybridized carbons (Fsp3) is 0.0588.